The summed E-state index contributed by atoms with van der Waals surface area (Å²) < 4.78 is 12.1. The average molecular weight is 406 g/mol. The quantitative estimate of drug-likeness (QED) is 0.468. The van der Waals surface area contributed by atoms with Crippen LogP contribution in [0.1, 0.15) is 57.9 Å². The van der Waals surface area contributed by atoms with Crippen LogP contribution in [0.15, 0.2) is 23.1 Å². The van der Waals surface area contributed by atoms with Crippen molar-refractivity contribution in [3.05, 3.63) is 28.7 Å². The predicted octanol–water partition coefficient (Wildman–Crippen LogP) is 5.41. The third-order valence-electron chi connectivity index (χ3n) is 5.15. The Balaban J connectivity index is 1.79. The number of amides is 1. The SMILES string of the molecule is CC[C@H](C)Oc1ccc(/C=C2/SC(=S)N(C3CCCCC3)C2=O)cc1OC. The molecule has 0 bridgehead atoms. The second-order valence-corrected chi connectivity index (χ2v) is 8.77. The lowest BCUT2D eigenvalue weighted by Crippen LogP contribution is -2.39. The van der Waals surface area contributed by atoms with Crippen molar-refractivity contribution in [2.45, 2.75) is 64.5 Å². The lowest BCUT2D eigenvalue weighted by atomic mass is 9.94. The highest BCUT2D eigenvalue weighted by molar-refractivity contribution is 8.26. The minimum absolute atomic E-state index is 0.0378. The number of hydrogen-bond donors (Lipinski definition) is 0. The van der Waals surface area contributed by atoms with Gasteiger partial charge in [-0.3, -0.25) is 9.69 Å². The predicted molar refractivity (Wildman–Crippen MR) is 115 cm³/mol. The fourth-order valence-electron chi connectivity index (χ4n) is 3.46. The lowest BCUT2D eigenvalue weighted by molar-refractivity contribution is -0.124. The molecule has 1 aromatic rings. The summed E-state index contributed by atoms with van der Waals surface area (Å²) in [6, 6.07) is 6.02. The molecule has 146 valence electrons. The molecule has 1 aliphatic heterocycles. The van der Waals surface area contributed by atoms with Gasteiger partial charge in [0.1, 0.15) is 4.32 Å². The molecule has 3 rings (SSSR count). The van der Waals surface area contributed by atoms with Gasteiger partial charge in [-0.15, -0.1) is 0 Å². The molecule has 1 amide bonds. The summed E-state index contributed by atoms with van der Waals surface area (Å²) in [6.45, 7) is 4.11. The third kappa shape index (κ3) is 4.66. The van der Waals surface area contributed by atoms with Crippen LogP contribution >= 0.6 is 24.0 Å². The molecule has 2 aliphatic rings. The van der Waals surface area contributed by atoms with E-state index in [1.807, 2.05) is 36.1 Å². The molecule has 0 aromatic heterocycles. The monoisotopic (exact) mass is 405 g/mol. The van der Waals surface area contributed by atoms with Gasteiger partial charge in [-0.25, -0.2) is 0 Å². The highest BCUT2D eigenvalue weighted by Crippen LogP contribution is 2.38. The standard InChI is InChI=1S/C21H27NO3S2/c1-4-14(2)25-17-11-10-15(12-18(17)24-3)13-19-20(23)22(21(26)27-19)16-8-6-5-7-9-16/h10-14,16H,4-9H2,1-3H3/b19-13+/t14-/m0/s1. The Morgan fingerprint density at radius 1 is 1.30 bits per heavy atom. The van der Waals surface area contributed by atoms with Crippen LogP contribution < -0.4 is 9.47 Å². The van der Waals surface area contributed by atoms with Gasteiger partial charge >= 0.3 is 0 Å². The van der Waals surface area contributed by atoms with E-state index in [1.54, 1.807) is 7.11 Å². The number of benzene rings is 1. The molecule has 1 atom stereocenters. The number of ether oxygens (including phenoxy) is 2. The van der Waals surface area contributed by atoms with E-state index in [0.717, 1.165) is 30.6 Å². The number of rotatable bonds is 6. The molecule has 1 aromatic carbocycles. The maximum atomic E-state index is 12.9. The van der Waals surface area contributed by atoms with E-state index in [0.29, 0.717) is 15.0 Å². The third-order valence-corrected chi connectivity index (χ3v) is 6.48. The Kier molecular flexibility index (Phi) is 6.82. The van der Waals surface area contributed by atoms with Crippen molar-refractivity contribution >= 4 is 40.3 Å². The van der Waals surface area contributed by atoms with Crippen LogP contribution in [-0.2, 0) is 4.79 Å². The number of nitrogens with zero attached hydrogens (tertiary/aromatic N) is 1. The van der Waals surface area contributed by atoms with Gasteiger partial charge in [-0.05, 0) is 50.0 Å². The number of carbonyl (C=O) groups excluding carboxylic acids is 1. The van der Waals surface area contributed by atoms with Crippen LogP contribution in [0.25, 0.3) is 6.08 Å². The second kappa shape index (κ2) is 9.11. The van der Waals surface area contributed by atoms with Crippen LogP contribution in [0.4, 0.5) is 0 Å². The van der Waals surface area contributed by atoms with Crippen LogP contribution in [0, 0.1) is 0 Å². The largest absolute Gasteiger partial charge is 0.493 e. The topological polar surface area (TPSA) is 38.8 Å². The van der Waals surface area contributed by atoms with Crippen molar-refractivity contribution in [2.75, 3.05) is 7.11 Å². The van der Waals surface area contributed by atoms with Crippen molar-refractivity contribution in [1.82, 2.24) is 4.90 Å². The minimum atomic E-state index is 0.0378. The highest BCUT2D eigenvalue weighted by atomic mass is 32.2. The van der Waals surface area contributed by atoms with Gasteiger partial charge in [0.15, 0.2) is 11.5 Å². The second-order valence-electron chi connectivity index (χ2n) is 7.09. The molecule has 1 heterocycles. The van der Waals surface area contributed by atoms with Gasteiger partial charge < -0.3 is 9.47 Å². The Hall–Kier alpha value is -1.53. The Bertz CT molecular complexity index is 741. The summed E-state index contributed by atoms with van der Waals surface area (Å²) in [6.07, 6.45) is 8.66. The first-order chi connectivity index (χ1) is 13.0. The molecular formula is C21H27NO3S2. The van der Waals surface area contributed by atoms with Gasteiger partial charge in [0.05, 0.1) is 18.1 Å². The summed E-state index contributed by atoms with van der Waals surface area (Å²) >= 11 is 6.90. The average Bonchev–Trinajstić information content (AvgIpc) is 2.96. The molecule has 0 unspecified atom stereocenters. The summed E-state index contributed by atoms with van der Waals surface area (Å²) in [4.78, 5) is 15.4. The number of thiocarbonyl (C=S) groups is 1. The summed E-state index contributed by atoms with van der Waals surface area (Å²) in [5, 5.41) is 0. The smallest absolute Gasteiger partial charge is 0.266 e. The molecule has 1 saturated heterocycles. The van der Waals surface area contributed by atoms with Crippen molar-refractivity contribution < 1.29 is 14.3 Å². The molecule has 0 radical (unpaired) electrons. The zero-order valence-corrected chi connectivity index (χ0v) is 17.8. The summed E-state index contributed by atoms with van der Waals surface area (Å²) in [5.74, 6) is 1.43. The van der Waals surface area contributed by atoms with Crippen LogP contribution in [0.5, 0.6) is 11.5 Å². The van der Waals surface area contributed by atoms with Gasteiger partial charge in [0.2, 0.25) is 0 Å². The number of carbonyl (C=O) groups is 1. The van der Waals surface area contributed by atoms with E-state index in [4.69, 9.17) is 21.7 Å². The van der Waals surface area contributed by atoms with Crippen LogP contribution in [0.3, 0.4) is 0 Å². The van der Waals surface area contributed by atoms with Crippen molar-refractivity contribution in [3.63, 3.8) is 0 Å². The lowest BCUT2D eigenvalue weighted by Gasteiger charge is -2.29. The fourth-order valence-corrected chi connectivity index (χ4v) is 4.86. The fraction of sp³-hybridized carbons (Fsp3) is 0.524. The minimum Gasteiger partial charge on any atom is -0.493 e. The molecule has 6 heteroatoms. The van der Waals surface area contributed by atoms with E-state index < -0.39 is 0 Å². The van der Waals surface area contributed by atoms with E-state index >= 15 is 0 Å². The molecule has 1 aliphatic carbocycles. The molecule has 0 N–H and O–H groups in total. The molecule has 0 spiro atoms. The van der Waals surface area contributed by atoms with Gasteiger partial charge in [0, 0.05) is 6.04 Å². The molecule has 2 fully saturated rings. The number of hydrogen-bond acceptors (Lipinski definition) is 5. The van der Waals surface area contributed by atoms with Crippen molar-refractivity contribution in [1.29, 1.82) is 0 Å². The van der Waals surface area contributed by atoms with E-state index in [9.17, 15) is 4.79 Å². The van der Waals surface area contributed by atoms with E-state index in [2.05, 4.69) is 6.92 Å². The number of thioether (sulfide) groups is 1. The normalized spacial score (nSPS) is 21.0. The molecule has 1 saturated carbocycles. The van der Waals surface area contributed by atoms with Gasteiger partial charge in [0.25, 0.3) is 5.91 Å². The first-order valence-electron chi connectivity index (χ1n) is 9.65. The van der Waals surface area contributed by atoms with Crippen LogP contribution in [0.2, 0.25) is 0 Å². The number of methoxy groups -OCH3 is 1. The van der Waals surface area contributed by atoms with Gasteiger partial charge in [-0.2, -0.15) is 0 Å². The van der Waals surface area contributed by atoms with Crippen molar-refractivity contribution in [2.24, 2.45) is 0 Å². The summed E-state index contributed by atoms with van der Waals surface area (Å²) in [5.41, 5.74) is 0.910. The molecule has 4 nitrogen and oxygen atoms in total. The maximum absolute atomic E-state index is 12.9. The Morgan fingerprint density at radius 2 is 2.04 bits per heavy atom. The zero-order chi connectivity index (χ0) is 19.4. The first kappa shape index (κ1) is 20.2. The molecular weight excluding hydrogens is 378 g/mol. The maximum Gasteiger partial charge on any atom is 0.266 e. The van der Waals surface area contributed by atoms with Crippen LogP contribution in [-0.4, -0.2) is 34.4 Å². The molecule has 27 heavy (non-hydrogen) atoms. The Morgan fingerprint density at radius 3 is 2.70 bits per heavy atom. The zero-order valence-electron chi connectivity index (χ0n) is 16.2. The van der Waals surface area contributed by atoms with E-state index in [1.165, 1.54) is 31.0 Å². The highest BCUT2D eigenvalue weighted by Gasteiger charge is 2.37. The van der Waals surface area contributed by atoms with Gasteiger partial charge in [-0.1, -0.05) is 56.2 Å². The Labute approximate surface area is 171 Å². The first-order valence-corrected chi connectivity index (χ1v) is 10.9. The van der Waals surface area contributed by atoms with E-state index in [-0.39, 0.29) is 18.1 Å². The summed E-state index contributed by atoms with van der Waals surface area (Å²) in [7, 11) is 1.63. The van der Waals surface area contributed by atoms with Crippen molar-refractivity contribution in [3.8, 4) is 11.5 Å².